The highest BCUT2D eigenvalue weighted by Gasteiger charge is 2.08. The summed E-state index contributed by atoms with van der Waals surface area (Å²) in [5.74, 6) is 1.49. The molecule has 0 saturated carbocycles. The van der Waals surface area contributed by atoms with Gasteiger partial charge in [0.05, 0.1) is 5.02 Å². The molecular weight excluding hydrogens is 254 g/mol. The average Bonchev–Trinajstić information content (AvgIpc) is 2.73. The summed E-state index contributed by atoms with van der Waals surface area (Å²) in [5.41, 5.74) is 6.73. The summed E-state index contributed by atoms with van der Waals surface area (Å²) in [5, 5.41) is 8.06. The average molecular weight is 268 g/mol. The molecule has 96 valence electrons. The molecule has 2 aromatic rings. The van der Waals surface area contributed by atoms with E-state index in [9.17, 15) is 0 Å². The number of hydrogen-bond donors (Lipinski definition) is 1. The van der Waals surface area contributed by atoms with Crippen molar-refractivity contribution >= 4 is 11.6 Å². The minimum absolute atomic E-state index is 0.0601. The predicted octanol–water partition coefficient (Wildman–Crippen LogP) is 2.63. The van der Waals surface area contributed by atoms with Crippen LogP contribution >= 0.6 is 11.6 Å². The van der Waals surface area contributed by atoms with Crippen molar-refractivity contribution in [2.45, 2.75) is 26.5 Å². The molecule has 5 nitrogen and oxygen atoms in total. The molecule has 0 spiro atoms. The molecule has 0 saturated heterocycles. The van der Waals surface area contributed by atoms with Crippen LogP contribution in [0.2, 0.25) is 5.02 Å². The topological polar surface area (TPSA) is 74.2 Å². The zero-order chi connectivity index (χ0) is 13.1. The van der Waals surface area contributed by atoms with Gasteiger partial charge in [0.2, 0.25) is 5.89 Å². The number of hydrogen-bond acceptors (Lipinski definition) is 5. The zero-order valence-corrected chi connectivity index (χ0v) is 10.9. The lowest BCUT2D eigenvalue weighted by Gasteiger charge is -2.09. The Morgan fingerprint density at radius 2 is 2.22 bits per heavy atom. The number of nitrogens with zero attached hydrogens (tertiary/aromatic N) is 2. The monoisotopic (exact) mass is 267 g/mol. The Hall–Kier alpha value is -1.59. The minimum Gasteiger partial charge on any atom is -0.482 e. The third kappa shape index (κ3) is 3.00. The molecule has 0 amide bonds. The van der Waals surface area contributed by atoms with Crippen LogP contribution in [0, 0.1) is 6.92 Å². The van der Waals surface area contributed by atoms with Gasteiger partial charge in [-0.2, -0.15) is 0 Å². The van der Waals surface area contributed by atoms with Gasteiger partial charge >= 0.3 is 0 Å². The van der Waals surface area contributed by atoms with Crippen LogP contribution in [0.5, 0.6) is 5.75 Å². The van der Waals surface area contributed by atoms with Gasteiger partial charge in [0.1, 0.15) is 5.75 Å². The normalized spacial score (nSPS) is 12.4. The van der Waals surface area contributed by atoms with E-state index in [4.69, 9.17) is 26.5 Å². The van der Waals surface area contributed by atoms with Crippen LogP contribution < -0.4 is 10.5 Å². The van der Waals surface area contributed by atoms with Crippen LogP contribution in [0.1, 0.15) is 30.3 Å². The second-order valence-electron chi connectivity index (χ2n) is 3.98. The number of nitrogens with two attached hydrogens (primary N) is 1. The molecule has 2 rings (SSSR count). The van der Waals surface area contributed by atoms with Crippen molar-refractivity contribution in [1.29, 1.82) is 0 Å². The van der Waals surface area contributed by atoms with Gasteiger partial charge in [0.15, 0.2) is 6.61 Å². The van der Waals surface area contributed by atoms with Crippen molar-refractivity contribution in [3.05, 3.63) is 40.6 Å². The summed E-state index contributed by atoms with van der Waals surface area (Å²) in [6, 6.07) is 5.39. The fraction of sp³-hybridized carbons (Fsp3) is 0.333. The van der Waals surface area contributed by atoms with Gasteiger partial charge in [-0.1, -0.05) is 17.7 Å². The first-order chi connectivity index (χ1) is 8.56. The Bertz CT molecular complexity index is 540. The van der Waals surface area contributed by atoms with Crippen molar-refractivity contribution < 1.29 is 9.15 Å². The van der Waals surface area contributed by atoms with Gasteiger partial charge < -0.3 is 14.9 Å². The maximum Gasteiger partial charge on any atom is 0.253 e. The number of aryl methyl sites for hydroxylation is 1. The van der Waals surface area contributed by atoms with Crippen LogP contribution in [0.4, 0.5) is 0 Å². The van der Waals surface area contributed by atoms with E-state index in [0.29, 0.717) is 22.6 Å². The summed E-state index contributed by atoms with van der Waals surface area (Å²) >= 11 is 6.10. The van der Waals surface area contributed by atoms with Crippen molar-refractivity contribution in [2.24, 2.45) is 5.73 Å². The van der Waals surface area contributed by atoms with Gasteiger partial charge in [-0.3, -0.25) is 0 Å². The Morgan fingerprint density at radius 1 is 1.44 bits per heavy atom. The number of benzene rings is 1. The summed E-state index contributed by atoms with van der Waals surface area (Å²) < 4.78 is 10.7. The van der Waals surface area contributed by atoms with E-state index in [1.165, 1.54) is 0 Å². The molecule has 1 aromatic heterocycles. The van der Waals surface area contributed by atoms with E-state index in [2.05, 4.69) is 10.2 Å². The lowest BCUT2D eigenvalue weighted by atomic mass is 10.1. The molecule has 0 aliphatic heterocycles. The molecule has 0 unspecified atom stereocenters. The SMILES string of the molecule is Cc1nnc(COc2ccc([C@H](C)N)cc2Cl)o1. The van der Waals surface area contributed by atoms with E-state index in [0.717, 1.165) is 5.56 Å². The van der Waals surface area contributed by atoms with Gasteiger partial charge in [-0.25, -0.2) is 0 Å². The van der Waals surface area contributed by atoms with Crippen LogP contribution in [-0.4, -0.2) is 10.2 Å². The first kappa shape index (κ1) is 12.9. The third-order valence-electron chi connectivity index (χ3n) is 2.40. The van der Waals surface area contributed by atoms with Gasteiger partial charge in [-0.15, -0.1) is 10.2 Å². The van der Waals surface area contributed by atoms with Gasteiger partial charge in [-0.05, 0) is 24.6 Å². The second kappa shape index (κ2) is 5.37. The number of halogens is 1. The van der Waals surface area contributed by atoms with Crippen LogP contribution in [0.25, 0.3) is 0 Å². The lowest BCUT2D eigenvalue weighted by Crippen LogP contribution is -2.05. The van der Waals surface area contributed by atoms with Crippen molar-refractivity contribution in [3.8, 4) is 5.75 Å². The highest BCUT2D eigenvalue weighted by molar-refractivity contribution is 6.32. The zero-order valence-electron chi connectivity index (χ0n) is 10.2. The quantitative estimate of drug-likeness (QED) is 0.922. The summed E-state index contributed by atoms with van der Waals surface area (Å²) in [4.78, 5) is 0. The largest absolute Gasteiger partial charge is 0.482 e. The lowest BCUT2D eigenvalue weighted by molar-refractivity contribution is 0.260. The molecule has 0 bridgehead atoms. The molecule has 6 heteroatoms. The first-order valence-corrected chi connectivity index (χ1v) is 5.91. The van der Waals surface area contributed by atoms with E-state index >= 15 is 0 Å². The minimum atomic E-state index is -0.0601. The Morgan fingerprint density at radius 3 is 2.78 bits per heavy atom. The van der Waals surface area contributed by atoms with Gasteiger partial charge in [0.25, 0.3) is 5.89 Å². The standard InChI is InChI=1S/C12H14ClN3O2/c1-7(14)9-3-4-11(10(13)5-9)17-6-12-16-15-8(2)18-12/h3-5,7H,6,14H2,1-2H3/t7-/m0/s1. The van der Waals surface area contributed by atoms with Crippen molar-refractivity contribution in [3.63, 3.8) is 0 Å². The number of rotatable bonds is 4. The Kier molecular flexibility index (Phi) is 3.84. The maximum absolute atomic E-state index is 6.10. The molecule has 1 aromatic carbocycles. The predicted molar refractivity (Wildman–Crippen MR) is 67.4 cm³/mol. The molecule has 0 fully saturated rings. The van der Waals surface area contributed by atoms with E-state index in [1.807, 2.05) is 13.0 Å². The molecule has 0 aliphatic rings. The van der Waals surface area contributed by atoms with Crippen LogP contribution in [-0.2, 0) is 6.61 Å². The number of aromatic nitrogens is 2. The maximum atomic E-state index is 6.10. The fourth-order valence-electron chi connectivity index (χ4n) is 1.45. The molecule has 1 heterocycles. The molecule has 1 atom stereocenters. The molecule has 2 N–H and O–H groups in total. The van der Waals surface area contributed by atoms with Gasteiger partial charge in [0, 0.05) is 13.0 Å². The summed E-state index contributed by atoms with van der Waals surface area (Å²) in [6.45, 7) is 3.81. The fourth-order valence-corrected chi connectivity index (χ4v) is 1.70. The van der Waals surface area contributed by atoms with Crippen LogP contribution in [0.3, 0.4) is 0 Å². The van der Waals surface area contributed by atoms with Crippen LogP contribution in [0.15, 0.2) is 22.6 Å². The van der Waals surface area contributed by atoms with E-state index in [-0.39, 0.29) is 12.6 Å². The first-order valence-electron chi connectivity index (χ1n) is 5.53. The summed E-state index contributed by atoms with van der Waals surface area (Å²) in [7, 11) is 0. The molecule has 0 radical (unpaired) electrons. The van der Waals surface area contributed by atoms with E-state index < -0.39 is 0 Å². The highest BCUT2D eigenvalue weighted by atomic mass is 35.5. The Labute approximate surface area is 110 Å². The number of ether oxygens (including phenoxy) is 1. The smallest absolute Gasteiger partial charge is 0.253 e. The van der Waals surface area contributed by atoms with Crippen molar-refractivity contribution in [2.75, 3.05) is 0 Å². The Balaban J connectivity index is 2.05. The molecule has 18 heavy (non-hydrogen) atoms. The highest BCUT2D eigenvalue weighted by Crippen LogP contribution is 2.27. The van der Waals surface area contributed by atoms with E-state index in [1.54, 1.807) is 19.1 Å². The molecular formula is C12H14ClN3O2. The molecule has 0 aliphatic carbocycles. The second-order valence-corrected chi connectivity index (χ2v) is 4.39. The van der Waals surface area contributed by atoms with Crippen molar-refractivity contribution in [1.82, 2.24) is 10.2 Å². The third-order valence-corrected chi connectivity index (χ3v) is 2.70. The summed E-state index contributed by atoms with van der Waals surface area (Å²) in [6.07, 6.45) is 0.